The summed E-state index contributed by atoms with van der Waals surface area (Å²) in [6, 6.07) is 10.6. The zero-order valence-electron chi connectivity index (χ0n) is 19.5. The Morgan fingerprint density at radius 3 is 2.66 bits per heavy atom. The number of benzene rings is 2. The summed E-state index contributed by atoms with van der Waals surface area (Å²) in [5.74, 6) is 2.28. The Kier molecular flexibility index (Phi) is 8.66. The van der Waals surface area contributed by atoms with Crippen molar-refractivity contribution in [3.05, 3.63) is 76.2 Å². The van der Waals surface area contributed by atoms with Crippen LogP contribution in [0.1, 0.15) is 28.8 Å². The largest absolute Gasteiger partial charge is 0.493 e. The third kappa shape index (κ3) is 6.77. The van der Waals surface area contributed by atoms with Gasteiger partial charge in [0.1, 0.15) is 5.82 Å². The van der Waals surface area contributed by atoms with E-state index in [0.717, 1.165) is 37.3 Å². The SMILES string of the molecule is COc1ccc(C(=O)NCC2CCN(c3cnccn3)CC2)cc1OCCc1ccc(Cl)cc1Cl. The number of hydrogen-bond acceptors (Lipinski definition) is 6. The van der Waals surface area contributed by atoms with Crippen molar-refractivity contribution in [2.24, 2.45) is 5.92 Å². The van der Waals surface area contributed by atoms with Crippen LogP contribution in [0.15, 0.2) is 55.0 Å². The van der Waals surface area contributed by atoms with Crippen molar-refractivity contribution in [1.29, 1.82) is 0 Å². The van der Waals surface area contributed by atoms with Crippen molar-refractivity contribution in [2.45, 2.75) is 19.3 Å². The van der Waals surface area contributed by atoms with E-state index in [1.807, 2.05) is 6.07 Å². The molecule has 9 heteroatoms. The molecule has 0 radical (unpaired) electrons. The van der Waals surface area contributed by atoms with Crippen LogP contribution in [-0.4, -0.2) is 49.2 Å². The van der Waals surface area contributed by atoms with Gasteiger partial charge in [0.05, 0.1) is 19.9 Å². The molecule has 7 nitrogen and oxygen atoms in total. The first-order valence-corrected chi connectivity index (χ1v) is 12.3. The molecule has 1 aliphatic heterocycles. The van der Waals surface area contributed by atoms with Crippen LogP contribution in [0.5, 0.6) is 11.5 Å². The van der Waals surface area contributed by atoms with Crippen LogP contribution < -0.4 is 19.7 Å². The highest BCUT2D eigenvalue weighted by molar-refractivity contribution is 6.35. The summed E-state index contributed by atoms with van der Waals surface area (Å²) < 4.78 is 11.4. The monoisotopic (exact) mass is 514 g/mol. The summed E-state index contributed by atoms with van der Waals surface area (Å²) in [5.41, 5.74) is 1.47. The van der Waals surface area contributed by atoms with Crippen molar-refractivity contribution in [3.8, 4) is 11.5 Å². The van der Waals surface area contributed by atoms with Crippen LogP contribution in [0.4, 0.5) is 5.82 Å². The number of aromatic nitrogens is 2. The minimum Gasteiger partial charge on any atom is -0.493 e. The van der Waals surface area contributed by atoms with E-state index in [-0.39, 0.29) is 5.91 Å². The fraction of sp³-hybridized carbons (Fsp3) is 0.346. The summed E-state index contributed by atoms with van der Waals surface area (Å²) in [5, 5.41) is 4.27. The van der Waals surface area contributed by atoms with Gasteiger partial charge in [-0.05, 0) is 54.7 Å². The molecule has 1 amide bonds. The number of piperidine rings is 1. The van der Waals surface area contributed by atoms with Gasteiger partial charge in [0.25, 0.3) is 5.91 Å². The van der Waals surface area contributed by atoms with Crippen molar-refractivity contribution < 1.29 is 14.3 Å². The molecule has 1 aliphatic rings. The highest BCUT2D eigenvalue weighted by Crippen LogP contribution is 2.29. The fourth-order valence-electron chi connectivity index (χ4n) is 4.09. The number of methoxy groups -OCH3 is 1. The van der Waals surface area contributed by atoms with Gasteiger partial charge in [-0.3, -0.25) is 9.78 Å². The van der Waals surface area contributed by atoms with Crippen molar-refractivity contribution in [2.75, 3.05) is 38.3 Å². The summed E-state index contributed by atoms with van der Waals surface area (Å²) in [4.78, 5) is 23.6. The second-order valence-electron chi connectivity index (χ2n) is 8.40. The van der Waals surface area contributed by atoms with E-state index >= 15 is 0 Å². The highest BCUT2D eigenvalue weighted by atomic mass is 35.5. The van der Waals surface area contributed by atoms with Gasteiger partial charge in [0, 0.05) is 54.1 Å². The van der Waals surface area contributed by atoms with Crippen LogP contribution in [0, 0.1) is 5.92 Å². The van der Waals surface area contributed by atoms with E-state index in [2.05, 4.69) is 20.2 Å². The molecule has 184 valence electrons. The lowest BCUT2D eigenvalue weighted by Gasteiger charge is -2.32. The maximum Gasteiger partial charge on any atom is 0.251 e. The molecule has 1 aromatic heterocycles. The van der Waals surface area contributed by atoms with Gasteiger partial charge in [-0.25, -0.2) is 4.98 Å². The van der Waals surface area contributed by atoms with Crippen LogP contribution in [-0.2, 0) is 6.42 Å². The smallest absolute Gasteiger partial charge is 0.251 e. The summed E-state index contributed by atoms with van der Waals surface area (Å²) in [6.07, 6.45) is 7.75. The lowest BCUT2D eigenvalue weighted by Crippen LogP contribution is -2.39. The third-order valence-electron chi connectivity index (χ3n) is 6.11. The number of anilines is 1. The predicted octanol–water partition coefficient (Wildman–Crippen LogP) is 5.06. The molecule has 0 saturated carbocycles. The van der Waals surface area contributed by atoms with Crippen LogP contribution in [0.2, 0.25) is 10.0 Å². The first kappa shape index (κ1) is 25.1. The fourth-order valence-corrected chi connectivity index (χ4v) is 4.59. The number of rotatable bonds is 9. The van der Waals surface area contributed by atoms with Gasteiger partial charge >= 0.3 is 0 Å². The van der Waals surface area contributed by atoms with Gasteiger partial charge in [-0.1, -0.05) is 29.3 Å². The van der Waals surface area contributed by atoms with Crippen molar-refractivity contribution in [3.63, 3.8) is 0 Å². The van der Waals surface area contributed by atoms with Gasteiger partial charge in [0.15, 0.2) is 11.5 Å². The highest BCUT2D eigenvalue weighted by Gasteiger charge is 2.21. The van der Waals surface area contributed by atoms with E-state index in [1.165, 1.54) is 0 Å². The Hall–Kier alpha value is -3.03. The van der Waals surface area contributed by atoms with E-state index in [1.54, 1.807) is 56.0 Å². The molecule has 0 bridgehead atoms. The van der Waals surface area contributed by atoms with E-state index in [4.69, 9.17) is 32.7 Å². The number of ether oxygens (including phenoxy) is 2. The van der Waals surface area contributed by atoms with Crippen LogP contribution in [0.3, 0.4) is 0 Å². The third-order valence-corrected chi connectivity index (χ3v) is 6.70. The minimum atomic E-state index is -0.130. The number of carbonyl (C=O) groups excluding carboxylic acids is 1. The molecule has 0 aliphatic carbocycles. The first-order chi connectivity index (χ1) is 17.0. The number of nitrogens with one attached hydrogen (secondary N) is 1. The van der Waals surface area contributed by atoms with E-state index < -0.39 is 0 Å². The Bertz CT molecular complexity index is 1140. The summed E-state index contributed by atoms with van der Waals surface area (Å²) in [7, 11) is 1.57. The molecule has 35 heavy (non-hydrogen) atoms. The average molecular weight is 515 g/mol. The summed E-state index contributed by atoms with van der Waals surface area (Å²) in [6.45, 7) is 2.81. The van der Waals surface area contributed by atoms with Gasteiger partial charge in [0.2, 0.25) is 0 Å². The minimum absolute atomic E-state index is 0.130. The molecular formula is C26H28Cl2N4O3. The Labute approximate surface area is 215 Å². The maximum atomic E-state index is 12.8. The van der Waals surface area contributed by atoms with Crippen molar-refractivity contribution >= 4 is 34.9 Å². The second kappa shape index (κ2) is 12.1. The molecule has 0 spiro atoms. The number of amides is 1. The lowest BCUT2D eigenvalue weighted by molar-refractivity contribution is 0.0944. The van der Waals surface area contributed by atoms with Gasteiger partial charge in [-0.15, -0.1) is 0 Å². The zero-order chi connectivity index (χ0) is 24.6. The number of hydrogen-bond donors (Lipinski definition) is 1. The van der Waals surface area contributed by atoms with Crippen molar-refractivity contribution in [1.82, 2.24) is 15.3 Å². The topological polar surface area (TPSA) is 76.6 Å². The quantitative estimate of drug-likeness (QED) is 0.430. The zero-order valence-corrected chi connectivity index (χ0v) is 21.1. The lowest BCUT2D eigenvalue weighted by atomic mass is 9.96. The Morgan fingerprint density at radius 2 is 1.94 bits per heavy atom. The number of carbonyl (C=O) groups is 1. The molecule has 2 aromatic carbocycles. The van der Waals surface area contributed by atoms with E-state index in [9.17, 15) is 4.79 Å². The second-order valence-corrected chi connectivity index (χ2v) is 9.25. The molecule has 0 atom stereocenters. The molecule has 1 fully saturated rings. The van der Waals surface area contributed by atoms with Crippen LogP contribution >= 0.6 is 23.2 Å². The normalized spacial score (nSPS) is 14.0. The maximum absolute atomic E-state index is 12.8. The summed E-state index contributed by atoms with van der Waals surface area (Å²) >= 11 is 12.2. The molecule has 1 saturated heterocycles. The molecule has 3 aromatic rings. The number of halogens is 2. The predicted molar refractivity (Wildman–Crippen MR) is 138 cm³/mol. The molecular weight excluding hydrogens is 487 g/mol. The van der Waals surface area contributed by atoms with Gasteiger partial charge in [-0.2, -0.15) is 0 Å². The van der Waals surface area contributed by atoms with Crippen LogP contribution in [0.25, 0.3) is 0 Å². The molecule has 0 unspecified atom stereocenters. The average Bonchev–Trinajstić information content (AvgIpc) is 2.89. The molecule has 1 N–H and O–H groups in total. The molecule has 4 rings (SSSR count). The van der Waals surface area contributed by atoms with E-state index in [0.29, 0.717) is 52.6 Å². The standard InChI is InChI=1S/C26H28Cl2N4O3/c1-34-23-5-3-20(14-24(23)35-13-8-19-2-4-21(27)15-22(19)28)26(33)31-16-18-6-11-32(12-7-18)25-17-29-9-10-30-25/h2-5,9-10,14-15,17-18H,6-8,11-13,16H2,1H3,(H,31,33). The Balaban J connectivity index is 1.29. The Morgan fingerprint density at radius 1 is 1.11 bits per heavy atom. The number of nitrogens with zero attached hydrogens (tertiary/aromatic N) is 3. The molecule has 2 heterocycles. The first-order valence-electron chi connectivity index (χ1n) is 11.6. The van der Waals surface area contributed by atoms with Gasteiger partial charge < -0.3 is 19.7 Å².